The third-order valence-electron chi connectivity index (χ3n) is 3.86. The Morgan fingerprint density at radius 2 is 1.88 bits per heavy atom. The third kappa shape index (κ3) is 6.59. The largest absolute Gasteiger partial charge is 0.497 e. The fraction of sp³-hybridized carbons (Fsp3) is 0.333. The second-order valence-electron chi connectivity index (χ2n) is 5.91. The van der Waals surface area contributed by atoms with E-state index in [1.54, 1.807) is 37.6 Å². The van der Waals surface area contributed by atoms with Crippen molar-refractivity contribution in [3.05, 3.63) is 59.7 Å². The minimum Gasteiger partial charge on any atom is -0.497 e. The molecular weight excluding hydrogens is 328 g/mol. The van der Waals surface area contributed by atoms with Gasteiger partial charge in [-0.25, -0.2) is 5.43 Å². The van der Waals surface area contributed by atoms with Gasteiger partial charge in [0.15, 0.2) is 0 Å². The lowest BCUT2D eigenvalue weighted by Crippen LogP contribution is -2.17. The van der Waals surface area contributed by atoms with Crippen LogP contribution in [-0.4, -0.2) is 25.8 Å². The summed E-state index contributed by atoms with van der Waals surface area (Å²) in [6, 6.07) is 14.5. The molecule has 5 heteroatoms. The molecule has 0 spiro atoms. The Morgan fingerprint density at radius 3 is 2.62 bits per heavy atom. The second-order valence-corrected chi connectivity index (χ2v) is 5.91. The SMILES string of the molecule is CCCCCCOc1ccc(C(=O)NN=Cc2cccc(OC)c2)cc1. The molecule has 0 radical (unpaired) electrons. The molecular formula is C21H26N2O3. The maximum atomic E-state index is 12.1. The van der Waals surface area contributed by atoms with Gasteiger partial charge in [-0.05, 0) is 48.4 Å². The van der Waals surface area contributed by atoms with E-state index >= 15 is 0 Å². The van der Waals surface area contributed by atoms with Crippen LogP contribution in [0.2, 0.25) is 0 Å². The Bertz CT molecular complexity index is 711. The number of rotatable bonds is 10. The van der Waals surface area contributed by atoms with E-state index in [1.165, 1.54) is 19.3 Å². The number of hydrogen-bond acceptors (Lipinski definition) is 4. The van der Waals surface area contributed by atoms with Crippen molar-refractivity contribution in [3.8, 4) is 11.5 Å². The van der Waals surface area contributed by atoms with Crippen LogP contribution in [0.1, 0.15) is 48.5 Å². The lowest BCUT2D eigenvalue weighted by atomic mass is 10.2. The smallest absolute Gasteiger partial charge is 0.271 e. The van der Waals surface area contributed by atoms with E-state index in [1.807, 2.05) is 24.3 Å². The van der Waals surface area contributed by atoms with Crippen molar-refractivity contribution < 1.29 is 14.3 Å². The van der Waals surface area contributed by atoms with E-state index in [2.05, 4.69) is 17.5 Å². The number of carbonyl (C=O) groups is 1. The molecule has 0 fully saturated rings. The van der Waals surface area contributed by atoms with E-state index in [0.717, 1.165) is 23.5 Å². The van der Waals surface area contributed by atoms with E-state index in [9.17, 15) is 4.79 Å². The first-order chi connectivity index (χ1) is 12.7. The zero-order valence-electron chi connectivity index (χ0n) is 15.4. The Morgan fingerprint density at radius 1 is 1.08 bits per heavy atom. The van der Waals surface area contributed by atoms with Gasteiger partial charge < -0.3 is 9.47 Å². The summed E-state index contributed by atoms with van der Waals surface area (Å²) in [5, 5.41) is 3.98. The van der Waals surface area contributed by atoms with Gasteiger partial charge in [0.1, 0.15) is 11.5 Å². The summed E-state index contributed by atoms with van der Waals surface area (Å²) >= 11 is 0. The molecule has 1 amide bonds. The number of nitrogens with zero attached hydrogens (tertiary/aromatic N) is 1. The number of amides is 1. The number of ether oxygens (including phenoxy) is 2. The van der Waals surface area contributed by atoms with Crippen LogP contribution in [0, 0.1) is 0 Å². The maximum Gasteiger partial charge on any atom is 0.271 e. The Hall–Kier alpha value is -2.82. The van der Waals surface area contributed by atoms with Crippen LogP contribution in [-0.2, 0) is 0 Å². The van der Waals surface area contributed by atoms with Crippen LogP contribution in [0.3, 0.4) is 0 Å². The van der Waals surface area contributed by atoms with Crippen LogP contribution in [0.5, 0.6) is 11.5 Å². The molecule has 138 valence electrons. The lowest BCUT2D eigenvalue weighted by Gasteiger charge is -2.06. The summed E-state index contributed by atoms with van der Waals surface area (Å²) in [4.78, 5) is 12.1. The minimum atomic E-state index is -0.265. The number of methoxy groups -OCH3 is 1. The summed E-state index contributed by atoms with van der Waals surface area (Å²) in [7, 11) is 1.61. The predicted octanol–water partition coefficient (Wildman–Crippen LogP) is 4.42. The molecule has 2 aromatic rings. The van der Waals surface area contributed by atoms with E-state index in [0.29, 0.717) is 12.2 Å². The average Bonchev–Trinajstić information content (AvgIpc) is 2.68. The number of benzene rings is 2. The lowest BCUT2D eigenvalue weighted by molar-refractivity contribution is 0.0955. The highest BCUT2D eigenvalue weighted by molar-refractivity contribution is 5.95. The van der Waals surface area contributed by atoms with Crippen molar-refractivity contribution in [2.45, 2.75) is 32.6 Å². The van der Waals surface area contributed by atoms with Gasteiger partial charge in [0, 0.05) is 5.56 Å². The van der Waals surface area contributed by atoms with Gasteiger partial charge in [-0.2, -0.15) is 5.10 Å². The molecule has 0 aromatic heterocycles. The van der Waals surface area contributed by atoms with Crippen molar-refractivity contribution in [2.24, 2.45) is 5.10 Å². The first-order valence-electron chi connectivity index (χ1n) is 8.93. The molecule has 0 aliphatic rings. The molecule has 0 aliphatic carbocycles. The summed E-state index contributed by atoms with van der Waals surface area (Å²) in [6.45, 7) is 2.89. The van der Waals surface area contributed by atoms with Gasteiger partial charge in [0.2, 0.25) is 0 Å². The zero-order valence-corrected chi connectivity index (χ0v) is 15.4. The van der Waals surface area contributed by atoms with E-state index in [4.69, 9.17) is 9.47 Å². The third-order valence-corrected chi connectivity index (χ3v) is 3.86. The summed E-state index contributed by atoms with van der Waals surface area (Å²) in [5.74, 6) is 1.25. The van der Waals surface area contributed by atoms with Gasteiger partial charge >= 0.3 is 0 Å². The van der Waals surface area contributed by atoms with E-state index in [-0.39, 0.29) is 5.91 Å². The van der Waals surface area contributed by atoms with Crippen LogP contribution in [0.15, 0.2) is 53.6 Å². The van der Waals surface area contributed by atoms with Crippen LogP contribution in [0.4, 0.5) is 0 Å². The summed E-state index contributed by atoms with van der Waals surface area (Å²) < 4.78 is 10.8. The molecule has 26 heavy (non-hydrogen) atoms. The van der Waals surface area contributed by atoms with Crippen molar-refractivity contribution in [1.29, 1.82) is 0 Å². The first-order valence-corrected chi connectivity index (χ1v) is 8.93. The van der Waals surface area contributed by atoms with Crippen molar-refractivity contribution in [1.82, 2.24) is 5.43 Å². The van der Waals surface area contributed by atoms with Crippen molar-refractivity contribution in [2.75, 3.05) is 13.7 Å². The molecule has 2 rings (SSSR count). The molecule has 0 unspecified atom stereocenters. The van der Waals surface area contributed by atoms with Gasteiger partial charge in [-0.15, -0.1) is 0 Å². The normalized spacial score (nSPS) is 10.7. The van der Waals surface area contributed by atoms with Crippen LogP contribution in [0.25, 0.3) is 0 Å². The fourth-order valence-electron chi connectivity index (χ4n) is 2.37. The Labute approximate surface area is 155 Å². The second kappa shape index (κ2) is 10.9. The Kier molecular flexibility index (Phi) is 8.19. The summed E-state index contributed by atoms with van der Waals surface area (Å²) in [5.41, 5.74) is 3.90. The molecule has 0 saturated carbocycles. The van der Waals surface area contributed by atoms with Crippen LogP contribution >= 0.6 is 0 Å². The summed E-state index contributed by atoms with van der Waals surface area (Å²) in [6.07, 6.45) is 6.26. The molecule has 2 aromatic carbocycles. The number of carbonyl (C=O) groups excluding carboxylic acids is 1. The zero-order chi connectivity index (χ0) is 18.6. The number of hydrazone groups is 1. The number of hydrogen-bond donors (Lipinski definition) is 1. The maximum absolute atomic E-state index is 12.1. The molecule has 0 heterocycles. The number of nitrogens with one attached hydrogen (secondary N) is 1. The van der Waals surface area contributed by atoms with E-state index < -0.39 is 0 Å². The molecule has 1 N–H and O–H groups in total. The van der Waals surface area contributed by atoms with Crippen LogP contribution < -0.4 is 14.9 Å². The monoisotopic (exact) mass is 354 g/mol. The highest BCUT2D eigenvalue weighted by atomic mass is 16.5. The highest BCUT2D eigenvalue weighted by Crippen LogP contribution is 2.13. The first kappa shape index (κ1) is 19.5. The molecule has 5 nitrogen and oxygen atoms in total. The van der Waals surface area contributed by atoms with Gasteiger partial charge in [-0.3, -0.25) is 4.79 Å². The highest BCUT2D eigenvalue weighted by Gasteiger charge is 2.04. The molecule has 0 bridgehead atoms. The fourth-order valence-corrected chi connectivity index (χ4v) is 2.37. The van der Waals surface area contributed by atoms with Crippen molar-refractivity contribution in [3.63, 3.8) is 0 Å². The van der Waals surface area contributed by atoms with Gasteiger partial charge in [0.25, 0.3) is 5.91 Å². The number of unbranched alkanes of at least 4 members (excludes halogenated alkanes) is 3. The average molecular weight is 354 g/mol. The van der Waals surface area contributed by atoms with Gasteiger partial charge in [0.05, 0.1) is 19.9 Å². The standard InChI is InChI=1S/C21H26N2O3/c1-3-4-5-6-14-26-19-12-10-18(11-13-19)21(24)23-22-16-17-8-7-9-20(15-17)25-2/h7-13,15-16H,3-6,14H2,1-2H3,(H,23,24). The Balaban J connectivity index is 1.80. The molecule has 0 atom stereocenters. The minimum absolute atomic E-state index is 0.265. The molecule has 0 aliphatic heterocycles. The topological polar surface area (TPSA) is 59.9 Å². The quantitative estimate of drug-likeness (QED) is 0.390. The van der Waals surface area contributed by atoms with Gasteiger partial charge in [-0.1, -0.05) is 38.3 Å². The molecule has 0 saturated heterocycles. The van der Waals surface area contributed by atoms with Crippen molar-refractivity contribution >= 4 is 12.1 Å². The predicted molar refractivity (Wildman–Crippen MR) is 104 cm³/mol.